The number of carbonyl (C=O) groups excluding carboxylic acids is 1. The Morgan fingerprint density at radius 2 is 1.59 bits per heavy atom. The van der Waals surface area contributed by atoms with Gasteiger partial charge >= 0.3 is 0 Å². The van der Waals surface area contributed by atoms with Gasteiger partial charge in [0.05, 0.1) is 23.9 Å². The number of rotatable bonds is 4. The van der Waals surface area contributed by atoms with Gasteiger partial charge in [0.2, 0.25) is 0 Å². The Morgan fingerprint density at radius 1 is 0.889 bits per heavy atom. The first-order valence-electron chi connectivity index (χ1n) is 8.65. The fourth-order valence-electron chi connectivity index (χ4n) is 3.00. The van der Waals surface area contributed by atoms with Crippen LogP contribution in [0.15, 0.2) is 84.9 Å². The third kappa shape index (κ3) is 3.51. The second kappa shape index (κ2) is 7.30. The molecule has 0 spiro atoms. The van der Waals surface area contributed by atoms with Crippen molar-refractivity contribution in [1.82, 2.24) is 4.98 Å². The molecule has 0 bridgehead atoms. The van der Waals surface area contributed by atoms with Crippen LogP contribution in [0, 0.1) is 0 Å². The van der Waals surface area contributed by atoms with E-state index < -0.39 is 0 Å². The number of benzene rings is 3. The van der Waals surface area contributed by atoms with Gasteiger partial charge in [-0.1, -0.05) is 48.5 Å². The monoisotopic (exact) mass is 354 g/mol. The van der Waals surface area contributed by atoms with E-state index in [1.807, 2.05) is 84.9 Å². The number of methoxy groups -OCH3 is 1. The Labute approximate surface area is 157 Å². The summed E-state index contributed by atoms with van der Waals surface area (Å²) in [6.45, 7) is 0. The predicted molar refractivity (Wildman–Crippen MR) is 108 cm³/mol. The van der Waals surface area contributed by atoms with Crippen LogP contribution in [0.4, 0.5) is 5.69 Å². The van der Waals surface area contributed by atoms with Gasteiger partial charge in [-0.2, -0.15) is 0 Å². The molecule has 1 aromatic heterocycles. The number of nitrogens with one attached hydrogen (secondary N) is 1. The largest absolute Gasteiger partial charge is 0.497 e. The molecule has 0 aliphatic rings. The Balaban J connectivity index is 1.85. The normalized spacial score (nSPS) is 10.6. The number of fused-ring (bicyclic) bond motifs is 1. The molecule has 1 amide bonds. The van der Waals surface area contributed by atoms with Crippen LogP contribution in [0.1, 0.15) is 10.4 Å². The standard InChI is InChI=1S/C23H18N2O2/c1-27-18-12-13-19-20(23(26)24-17-10-6-3-7-11-17)15-21(25-22(19)14-18)16-8-4-2-5-9-16/h2-15H,1H3,(H,24,26). The average Bonchev–Trinajstić information content (AvgIpc) is 2.73. The second-order valence-corrected chi connectivity index (χ2v) is 6.12. The first kappa shape index (κ1) is 16.8. The summed E-state index contributed by atoms with van der Waals surface area (Å²) in [6.07, 6.45) is 0. The average molecular weight is 354 g/mol. The Kier molecular flexibility index (Phi) is 4.54. The van der Waals surface area contributed by atoms with Gasteiger partial charge in [-0.25, -0.2) is 4.98 Å². The fourth-order valence-corrected chi connectivity index (χ4v) is 3.00. The van der Waals surface area contributed by atoms with E-state index in [1.165, 1.54) is 0 Å². The predicted octanol–water partition coefficient (Wildman–Crippen LogP) is 5.16. The minimum atomic E-state index is -0.170. The Morgan fingerprint density at radius 3 is 2.30 bits per heavy atom. The number of para-hydroxylation sites is 1. The maximum absolute atomic E-state index is 13.0. The van der Waals surface area contributed by atoms with Crippen molar-refractivity contribution < 1.29 is 9.53 Å². The first-order chi connectivity index (χ1) is 13.2. The first-order valence-corrected chi connectivity index (χ1v) is 8.65. The smallest absolute Gasteiger partial charge is 0.256 e. The van der Waals surface area contributed by atoms with Crippen LogP contribution >= 0.6 is 0 Å². The maximum atomic E-state index is 13.0. The molecule has 132 valence electrons. The number of ether oxygens (including phenoxy) is 1. The van der Waals surface area contributed by atoms with Crippen LogP contribution in [-0.4, -0.2) is 18.0 Å². The van der Waals surface area contributed by atoms with E-state index in [2.05, 4.69) is 5.32 Å². The highest BCUT2D eigenvalue weighted by molar-refractivity contribution is 6.13. The molecule has 0 fully saturated rings. The molecule has 4 aromatic rings. The van der Waals surface area contributed by atoms with Crippen LogP contribution < -0.4 is 10.1 Å². The summed E-state index contributed by atoms with van der Waals surface area (Å²) in [4.78, 5) is 17.7. The number of aromatic nitrogens is 1. The van der Waals surface area contributed by atoms with Crippen molar-refractivity contribution >= 4 is 22.5 Å². The van der Waals surface area contributed by atoms with Gasteiger partial charge in [-0.15, -0.1) is 0 Å². The highest BCUT2D eigenvalue weighted by Crippen LogP contribution is 2.28. The van der Waals surface area contributed by atoms with E-state index in [0.29, 0.717) is 16.8 Å². The van der Waals surface area contributed by atoms with E-state index in [1.54, 1.807) is 7.11 Å². The summed E-state index contributed by atoms with van der Waals surface area (Å²) in [5, 5.41) is 3.74. The molecule has 0 atom stereocenters. The van der Waals surface area contributed by atoms with Crippen LogP contribution in [0.2, 0.25) is 0 Å². The summed E-state index contributed by atoms with van der Waals surface area (Å²) in [6, 6.07) is 26.6. The molecule has 3 aromatic carbocycles. The summed E-state index contributed by atoms with van der Waals surface area (Å²) in [7, 11) is 1.62. The molecule has 4 heteroatoms. The van der Waals surface area contributed by atoms with E-state index in [4.69, 9.17) is 9.72 Å². The molecule has 4 rings (SSSR count). The quantitative estimate of drug-likeness (QED) is 0.550. The minimum absolute atomic E-state index is 0.170. The van der Waals surface area contributed by atoms with Crippen molar-refractivity contribution in [3.63, 3.8) is 0 Å². The van der Waals surface area contributed by atoms with Crippen LogP contribution in [0.3, 0.4) is 0 Å². The highest BCUT2D eigenvalue weighted by Gasteiger charge is 2.15. The topological polar surface area (TPSA) is 51.2 Å². The third-order valence-corrected chi connectivity index (χ3v) is 4.36. The van der Waals surface area contributed by atoms with E-state index in [-0.39, 0.29) is 5.91 Å². The van der Waals surface area contributed by atoms with Crippen molar-refractivity contribution in [2.75, 3.05) is 12.4 Å². The summed E-state index contributed by atoms with van der Waals surface area (Å²) < 4.78 is 5.32. The van der Waals surface area contributed by atoms with Crippen molar-refractivity contribution in [3.8, 4) is 17.0 Å². The third-order valence-electron chi connectivity index (χ3n) is 4.36. The van der Waals surface area contributed by atoms with Crippen molar-refractivity contribution in [1.29, 1.82) is 0 Å². The van der Waals surface area contributed by atoms with Crippen molar-refractivity contribution in [2.24, 2.45) is 0 Å². The zero-order valence-corrected chi connectivity index (χ0v) is 14.8. The fraction of sp³-hybridized carbons (Fsp3) is 0.0435. The van der Waals surface area contributed by atoms with E-state index in [0.717, 1.165) is 22.3 Å². The molecular weight excluding hydrogens is 336 g/mol. The zero-order chi connectivity index (χ0) is 18.6. The van der Waals surface area contributed by atoms with E-state index in [9.17, 15) is 4.79 Å². The molecule has 1 N–H and O–H groups in total. The van der Waals surface area contributed by atoms with Crippen LogP contribution in [-0.2, 0) is 0 Å². The number of amides is 1. The summed E-state index contributed by atoms with van der Waals surface area (Å²) >= 11 is 0. The van der Waals surface area contributed by atoms with Gasteiger partial charge < -0.3 is 10.1 Å². The molecule has 1 heterocycles. The van der Waals surface area contributed by atoms with Gasteiger partial charge in [0.15, 0.2) is 0 Å². The van der Waals surface area contributed by atoms with Gasteiger partial charge in [0, 0.05) is 22.7 Å². The molecule has 0 radical (unpaired) electrons. The number of pyridine rings is 1. The van der Waals surface area contributed by atoms with E-state index >= 15 is 0 Å². The summed E-state index contributed by atoms with van der Waals surface area (Å²) in [5.74, 6) is 0.533. The second-order valence-electron chi connectivity index (χ2n) is 6.12. The van der Waals surface area contributed by atoms with Gasteiger partial charge in [0.25, 0.3) is 5.91 Å². The molecule has 4 nitrogen and oxygen atoms in total. The molecule has 0 saturated carbocycles. The lowest BCUT2D eigenvalue weighted by Crippen LogP contribution is -2.13. The summed E-state index contributed by atoms with van der Waals surface area (Å²) in [5.41, 5.74) is 3.74. The highest BCUT2D eigenvalue weighted by atomic mass is 16.5. The molecule has 27 heavy (non-hydrogen) atoms. The van der Waals surface area contributed by atoms with Gasteiger partial charge in [-0.05, 0) is 30.3 Å². The van der Waals surface area contributed by atoms with Gasteiger partial charge in [-0.3, -0.25) is 4.79 Å². The maximum Gasteiger partial charge on any atom is 0.256 e. The minimum Gasteiger partial charge on any atom is -0.497 e. The number of hydrogen-bond donors (Lipinski definition) is 1. The lowest BCUT2D eigenvalue weighted by molar-refractivity contribution is 0.102. The Bertz CT molecular complexity index is 1090. The van der Waals surface area contributed by atoms with Crippen LogP contribution in [0.25, 0.3) is 22.2 Å². The lowest BCUT2D eigenvalue weighted by Gasteiger charge is -2.11. The molecule has 0 unspecified atom stereocenters. The molecular formula is C23H18N2O2. The molecule has 0 saturated heterocycles. The number of anilines is 1. The van der Waals surface area contributed by atoms with Crippen molar-refractivity contribution in [3.05, 3.63) is 90.5 Å². The number of carbonyl (C=O) groups is 1. The zero-order valence-electron chi connectivity index (χ0n) is 14.8. The number of hydrogen-bond acceptors (Lipinski definition) is 3. The lowest BCUT2D eigenvalue weighted by atomic mass is 10.0. The molecule has 0 aliphatic heterocycles. The Hall–Kier alpha value is -3.66. The van der Waals surface area contributed by atoms with Crippen LogP contribution in [0.5, 0.6) is 5.75 Å². The SMILES string of the molecule is COc1ccc2c(C(=O)Nc3ccccc3)cc(-c3ccccc3)nc2c1. The van der Waals surface area contributed by atoms with Gasteiger partial charge in [0.1, 0.15) is 5.75 Å². The molecule has 0 aliphatic carbocycles. The number of nitrogens with zero attached hydrogens (tertiary/aromatic N) is 1. The van der Waals surface area contributed by atoms with Crippen molar-refractivity contribution in [2.45, 2.75) is 0 Å².